The highest BCUT2D eigenvalue weighted by atomic mass is 16.7. The maximum Gasteiger partial charge on any atom is 0.365 e. The summed E-state index contributed by atoms with van der Waals surface area (Å²) in [6.45, 7) is 1.97. The SMILES string of the molecule is COc1ccc(C2CC2/C(=N/OC(=O)c2ccc(C)cc2)c2ccccn2)cc1. The van der Waals surface area contributed by atoms with Crippen molar-refractivity contribution in [3.8, 4) is 5.75 Å². The summed E-state index contributed by atoms with van der Waals surface area (Å²) < 4.78 is 5.24. The molecule has 146 valence electrons. The second kappa shape index (κ2) is 8.27. The van der Waals surface area contributed by atoms with E-state index in [1.165, 1.54) is 5.56 Å². The number of carbonyl (C=O) groups is 1. The number of ether oxygens (including phenoxy) is 1. The summed E-state index contributed by atoms with van der Waals surface area (Å²) in [4.78, 5) is 22.1. The molecule has 0 bridgehead atoms. The van der Waals surface area contributed by atoms with Gasteiger partial charge in [-0.1, -0.05) is 41.1 Å². The van der Waals surface area contributed by atoms with Gasteiger partial charge in [0.25, 0.3) is 0 Å². The Morgan fingerprint density at radius 2 is 1.79 bits per heavy atom. The molecule has 3 aromatic rings. The van der Waals surface area contributed by atoms with Gasteiger partial charge in [0.2, 0.25) is 0 Å². The first-order valence-electron chi connectivity index (χ1n) is 9.57. The predicted molar refractivity (Wildman–Crippen MR) is 111 cm³/mol. The molecule has 5 nitrogen and oxygen atoms in total. The third-order valence-corrected chi connectivity index (χ3v) is 5.13. The summed E-state index contributed by atoms with van der Waals surface area (Å²) in [7, 11) is 1.66. The summed E-state index contributed by atoms with van der Waals surface area (Å²) >= 11 is 0. The Hall–Kier alpha value is -3.47. The average molecular weight is 386 g/mol. The molecule has 2 aromatic carbocycles. The fraction of sp³-hybridized carbons (Fsp3) is 0.208. The van der Waals surface area contributed by atoms with Crippen LogP contribution in [0.5, 0.6) is 5.75 Å². The van der Waals surface area contributed by atoms with Gasteiger partial charge < -0.3 is 9.57 Å². The molecular formula is C24H22N2O3. The Morgan fingerprint density at radius 3 is 2.45 bits per heavy atom. The summed E-state index contributed by atoms with van der Waals surface area (Å²) in [5.41, 5.74) is 4.20. The number of hydrogen-bond donors (Lipinski definition) is 0. The van der Waals surface area contributed by atoms with E-state index in [9.17, 15) is 4.79 Å². The van der Waals surface area contributed by atoms with Gasteiger partial charge >= 0.3 is 5.97 Å². The lowest BCUT2D eigenvalue weighted by molar-refractivity contribution is 0.0515. The molecule has 1 fully saturated rings. The summed E-state index contributed by atoms with van der Waals surface area (Å²) in [5.74, 6) is 0.834. The van der Waals surface area contributed by atoms with Gasteiger partial charge in [0.1, 0.15) is 11.5 Å². The highest BCUT2D eigenvalue weighted by Crippen LogP contribution is 2.49. The van der Waals surface area contributed by atoms with Crippen LogP contribution < -0.4 is 4.74 Å². The lowest BCUT2D eigenvalue weighted by atomic mass is 10.1. The number of oxime groups is 1. The van der Waals surface area contributed by atoms with Crippen LogP contribution in [0.1, 0.15) is 39.5 Å². The first-order valence-corrected chi connectivity index (χ1v) is 9.57. The molecule has 1 aliphatic carbocycles. The zero-order chi connectivity index (χ0) is 20.2. The van der Waals surface area contributed by atoms with Crippen molar-refractivity contribution < 1.29 is 14.4 Å². The van der Waals surface area contributed by atoms with Crippen molar-refractivity contribution in [3.63, 3.8) is 0 Å². The number of carbonyl (C=O) groups excluding carboxylic acids is 1. The van der Waals surface area contributed by atoms with Crippen molar-refractivity contribution >= 4 is 11.7 Å². The van der Waals surface area contributed by atoms with Crippen LogP contribution in [-0.4, -0.2) is 23.8 Å². The minimum Gasteiger partial charge on any atom is -0.497 e. The topological polar surface area (TPSA) is 60.8 Å². The summed E-state index contributed by atoms with van der Waals surface area (Å²) in [5, 5.41) is 4.24. The number of rotatable bonds is 6. The number of methoxy groups -OCH3 is 1. The normalized spacial score (nSPS) is 18.2. The summed E-state index contributed by atoms with van der Waals surface area (Å²) in [6, 6.07) is 20.9. The third-order valence-electron chi connectivity index (χ3n) is 5.13. The Balaban J connectivity index is 1.55. The van der Waals surface area contributed by atoms with Gasteiger partial charge in [0.15, 0.2) is 0 Å². The van der Waals surface area contributed by atoms with Crippen LogP contribution in [-0.2, 0) is 4.84 Å². The lowest BCUT2D eigenvalue weighted by Gasteiger charge is -2.07. The molecule has 0 N–H and O–H groups in total. The zero-order valence-electron chi connectivity index (χ0n) is 16.4. The van der Waals surface area contributed by atoms with Crippen LogP contribution in [0.15, 0.2) is 78.1 Å². The zero-order valence-corrected chi connectivity index (χ0v) is 16.4. The van der Waals surface area contributed by atoms with E-state index in [0.29, 0.717) is 17.2 Å². The number of benzene rings is 2. The van der Waals surface area contributed by atoms with Crippen molar-refractivity contribution in [1.82, 2.24) is 4.98 Å². The molecule has 0 aliphatic heterocycles. The van der Waals surface area contributed by atoms with Crippen LogP contribution in [0.25, 0.3) is 0 Å². The molecule has 2 unspecified atom stereocenters. The fourth-order valence-electron chi connectivity index (χ4n) is 3.37. The first kappa shape index (κ1) is 18.9. The molecule has 0 radical (unpaired) electrons. The van der Waals surface area contributed by atoms with E-state index in [1.54, 1.807) is 25.4 Å². The predicted octanol–water partition coefficient (Wildman–Crippen LogP) is 4.76. The first-order chi connectivity index (χ1) is 14.2. The van der Waals surface area contributed by atoms with Gasteiger partial charge in [-0.2, -0.15) is 0 Å². The second-order valence-electron chi connectivity index (χ2n) is 7.16. The van der Waals surface area contributed by atoms with Gasteiger partial charge in [0, 0.05) is 12.1 Å². The van der Waals surface area contributed by atoms with Crippen LogP contribution in [0.4, 0.5) is 0 Å². The molecule has 1 aliphatic rings. The van der Waals surface area contributed by atoms with E-state index in [1.807, 2.05) is 49.4 Å². The Bertz CT molecular complexity index is 1010. The molecule has 0 saturated heterocycles. The van der Waals surface area contributed by atoms with E-state index in [4.69, 9.17) is 9.57 Å². The second-order valence-corrected chi connectivity index (χ2v) is 7.16. The van der Waals surface area contributed by atoms with E-state index in [0.717, 1.165) is 23.4 Å². The van der Waals surface area contributed by atoms with E-state index in [2.05, 4.69) is 22.3 Å². The van der Waals surface area contributed by atoms with E-state index >= 15 is 0 Å². The monoisotopic (exact) mass is 386 g/mol. The maximum absolute atomic E-state index is 12.4. The average Bonchev–Trinajstić information content (AvgIpc) is 3.55. The van der Waals surface area contributed by atoms with E-state index < -0.39 is 5.97 Å². The van der Waals surface area contributed by atoms with Crippen LogP contribution in [0.3, 0.4) is 0 Å². The highest BCUT2D eigenvalue weighted by molar-refractivity contribution is 6.03. The molecule has 5 heteroatoms. The van der Waals surface area contributed by atoms with Crippen LogP contribution in [0.2, 0.25) is 0 Å². The Labute approximate surface area is 170 Å². The van der Waals surface area contributed by atoms with Crippen LogP contribution >= 0.6 is 0 Å². The number of pyridine rings is 1. The molecule has 4 rings (SSSR count). The molecule has 0 spiro atoms. The van der Waals surface area contributed by atoms with Crippen molar-refractivity contribution in [1.29, 1.82) is 0 Å². The molecule has 1 heterocycles. The molecule has 0 amide bonds. The largest absolute Gasteiger partial charge is 0.497 e. The summed E-state index contributed by atoms with van der Waals surface area (Å²) in [6.07, 6.45) is 2.65. The highest BCUT2D eigenvalue weighted by Gasteiger charge is 2.43. The molecule has 2 atom stereocenters. The minimum absolute atomic E-state index is 0.157. The lowest BCUT2D eigenvalue weighted by Crippen LogP contribution is -2.11. The third kappa shape index (κ3) is 4.35. The fourth-order valence-corrected chi connectivity index (χ4v) is 3.37. The molecule has 29 heavy (non-hydrogen) atoms. The van der Waals surface area contributed by atoms with Crippen LogP contribution in [0, 0.1) is 12.8 Å². The smallest absolute Gasteiger partial charge is 0.365 e. The van der Waals surface area contributed by atoms with Gasteiger partial charge in [0.05, 0.1) is 18.4 Å². The van der Waals surface area contributed by atoms with Crippen molar-refractivity contribution in [2.45, 2.75) is 19.3 Å². The van der Waals surface area contributed by atoms with Gasteiger partial charge in [-0.25, -0.2) is 4.79 Å². The number of hydrogen-bond acceptors (Lipinski definition) is 5. The van der Waals surface area contributed by atoms with Crippen molar-refractivity contribution in [2.75, 3.05) is 7.11 Å². The Kier molecular flexibility index (Phi) is 5.38. The maximum atomic E-state index is 12.4. The minimum atomic E-state index is -0.472. The molecule has 1 aromatic heterocycles. The quantitative estimate of drug-likeness (QED) is 0.348. The number of nitrogens with zero attached hydrogens (tertiary/aromatic N) is 2. The van der Waals surface area contributed by atoms with Gasteiger partial charge in [-0.15, -0.1) is 0 Å². The van der Waals surface area contributed by atoms with Crippen molar-refractivity contribution in [2.24, 2.45) is 11.1 Å². The standard InChI is InChI=1S/C24H22N2O3/c1-16-6-8-18(9-7-16)24(27)29-26-23(22-5-3-4-14-25-22)21-15-20(21)17-10-12-19(28-2)13-11-17/h3-14,20-21H,15H2,1-2H3/b26-23-. The molecule has 1 saturated carbocycles. The van der Waals surface area contributed by atoms with Crippen molar-refractivity contribution in [3.05, 3.63) is 95.3 Å². The van der Waals surface area contributed by atoms with E-state index in [-0.39, 0.29) is 5.92 Å². The Morgan fingerprint density at radius 1 is 1.03 bits per heavy atom. The van der Waals surface area contributed by atoms with Gasteiger partial charge in [-0.3, -0.25) is 4.98 Å². The number of aryl methyl sites for hydroxylation is 1. The number of aromatic nitrogens is 1. The molecular weight excluding hydrogens is 364 g/mol. The van der Waals surface area contributed by atoms with Gasteiger partial charge in [-0.05, 0) is 61.2 Å².